The summed E-state index contributed by atoms with van der Waals surface area (Å²) in [6, 6.07) is 13.9. The Balaban J connectivity index is 1.47. The zero-order valence-electron chi connectivity index (χ0n) is 15.3. The Morgan fingerprint density at radius 3 is 2.41 bits per heavy atom. The molecule has 2 aromatic carbocycles. The molecule has 142 valence electrons. The minimum Gasteiger partial charge on any atom is -0.299 e. The third-order valence-electron chi connectivity index (χ3n) is 4.87. The van der Waals surface area contributed by atoms with Crippen LogP contribution in [0.25, 0.3) is 0 Å². The Kier molecular flexibility index (Phi) is 6.58. The van der Waals surface area contributed by atoms with Gasteiger partial charge < -0.3 is 0 Å². The molecule has 1 amide bonds. The van der Waals surface area contributed by atoms with E-state index < -0.39 is 0 Å². The molecule has 0 aromatic heterocycles. The number of hydrazone groups is 1. The number of likely N-dealkylation sites (tertiary alicyclic amines) is 1. The molecular weight excluding hydrogens is 365 g/mol. The minimum atomic E-state index is -0.291. The van der Waals surface area contributed by atoms with Gasteiger partial charge in [-0.05, 0) is 68.2 Å². The van der Waals surface area contributed by atoms with E-state index in [4.69, 9.17) is 11.6 Å². The van der Waals surface area contributed by atoms with Gasteiger partial charge in [-0.2, -0.15) is 5.10 Å². The van der Waals surface area contributed by atoms with Crippen molar-refractivity contribution < 1.29 is 9.18 Å². The van der Waals surface area contributed by atoms with Crippen LogP contribution in [0.5, 0.6) is 0 Å². The van der Waals surface area contributed by atoms with Gasteiger partial charge in [-0.15, -0.1) is 0 Å². The lowest BCUT2D eigenvalue weighted by Gasteiger charge is -2.30. The lowest BCUT2D eigenvalue weighted by atomic mass is 9.96. The highest BCUT2D eigenvalue weighted by Gasteiger charge is 2.24. The summed E-state index contributed by atoms with van der Waals surface area (Å²) in [6.45, 7) is 4.41. The second kappa shape index (κ2) is 9.11. The van der Waals surface area contributed by atoms with Gasteiger partial charge in [0.15, 0.2) is 0 Å². The lowest BCUT2D eigenvalue weighted by molar-refractivity contribution is -0.126. The van der Waals surface area contributed by atoms with Crippen LogP contribution in [0.15, 0.2) is 53.6 Å². The Morgan fingerprint density at radius 2 is 1.78 bits per heavy atom. The van der Waals surface area contributed by atoms with Crippen LogP contribution in [0.2, 0.25) is 5.02 Å². The van der Waals surface area contributed by atoms with Crippen molar-refractivity contribution in [2.45, 2.75) is 26.3 Å². The molecule has 0 unspecified atom stereocenters. The number of hydrogen-bond donors (Lipinski definition) is 1. The Hall–Kier alpha value is -2.24. The lowest BCUT2D eigenvalue weighted by Crippen LogP contribution is -2.39. The molecule has 0 aliphatic carbocycles. The van der Waals surface area contributed by atoms with E-state index >= 15 is 0 Å². The average molecular weight is 388 g/mol. The molecule has 3 rings (SSSR count). The van der Waals surface area contributed by atoms with Crippen molar-refractivity contribution in [1.82, 2.24) is 10.3 Å². The van der Waals surface area contributed by atoms with E-state index in [-0.39, 0.29) is 17.6 Å². The first kappa shape index (κ1) is 19.5. The number of nitrogens with one attached hydrogen (secondary N) is 1. The molecule has 1 saturated heterocycles. The number of amides is 1. The summed E-state index contributed by atoms with van der Waals surface area (Å²) >= 11 is 5.92. The van der Waals surface area contributed by atoms with Crippen molar-refractivity contribution in [2.24, 2.45) is 11.0 Å². The highest BCUT2D eigenvalue weighted by molar-refractivity contribution is 6.30. The SMILES string of the molecule is CC(=NNC(=O)C1CCN(Cc2ccc(Cl)cc2)CC1)c1ccc(F)cc1. The zero-order chi connectivity index (χ0) is 19.2. The number of nitrogens with zero attached hydrogens (tertiary/aromatic N) is 2. The minimum absolute atomic E-state index is 0.0313. The normalized spacial score (nSPS) is 16.3. The highest BCUT2D eigenvalue weighted by atomic mass is 35.5. The van der Waals surface area contributed by atoms with Crippen LogP contribution in [0.4, 0.5) is 4.39 Å². The predicted octanol–water partition coefficient (Wildman–Crippen LogP) is 4.23. The molecule has 6 heteroatoms. The van der Waals surface area contributed by atoms with Gasteiger partial charge in [0, 0.05) is 17.5 Å². The number of halogens is 2. The Bertz CT molecular complexity index is 797. The van der Waals surface area contributed by atoms with Crippen molar-refractivity contribution in [3.8, 4) is 0 Å². The van der Waals surface area contributed by atoms with Gasteiger partial charge in [-0.1, -0.05) is 35.9 Å². The molecule has 1 fully saturated rings. The maximum absolute atomic E-state index is 13.0. The summed E-state index contributed by atoms with van der Waals surface area (Å²) in [7, 11) is 0. The van der Waals surface area contributed by atoms with Gasteiger partial charge in [-0.3, -0.25) is 9.69 Å². The fourth-order valence-electron chi connectivity index (χ4n) is 3.19. The number of piperidine rings is 1. The van der Waals surface area contributed by atoms with Gasteiger partial charge in [0.1, 0.15) is 5.82 Å². The Morgan fingerprint density at radius 1 is 1.15 bits per heavy atom. The largest absolute Gasteiger partial charge is 0.299 e. The quantitative estimate of drug-likeness (QED) is 0.616. The van der Waals surface area contributed by atoms with Crippen molar-refractivity contribution >= 4 is 23.2 Å². The van der Waals surface area contributed by atoms with Crippen molar-refractivity contribution in [3.05, 3.63) is 70.5 Å². The second-order valence-electron chi connectivity index (χ2n) is 6.86. The van der Waals surface area contributed by atoms with E-state index in [1.165, 1.54) is 17.7 Å². The molecule has 1 aliphatic rings. The van der Waals surface area contributed by atoms with Crippen LogP contribution < -0.4 is 5.43 Å². The third kappa shape index (κ3) is 5.62. The van der Waals surface area contributed by atoms with Gasteiger partial charge in [0.25, 0.3) is 0 Å². The first-order valence-electron chi connectivity index (χ1n) is 9.08. The molecule has 1 aliphatic heterocycles. The summed E-state index contributed by atoms with van der Waals surface area (Å²) in [4.78, 5) is 14.7. The van der Waals surface area contributed by atoms with E-state index in [9.17, 15) is 9.18 Å². The molecule has 0 spiro atoms. The van der Waals surface area contributed by atoms with Crippen LogP contribution in [-0.2, 0) is 11.3 Å². The molecule has 4 nitrogen and oxygen atoms in total. The summed E-state index contributed by atoms with van der Waals surface area (Å²) in [5.74, 6) is -0.375. The molecule has 0 radical (unpaired) electrons. The topological polar surface area (TPSA) is 44.7 Å². The number of carbonyl (C=O) groups excluding carboxylic acids is 1. The second-order valence-corrected chi connectivity index (χ2v) is 7.29. The smallest absolute Gasteiger partial charge is 0.243 e. The molecule has 0 saturated carbocycles. The summed E-state index contributed by atoms with van der Waals surface area (Å²) in [5, 5.41) is 4.90. The van der Waals surface area contributed by atoms with Crippen LogP contribution in [0.1, 0.15) is 30.9 Å². The van der Waals surface area contributed by atoms with E-state index in [2.05, 4.69) is 15.4 Å². The number of benzene rings is 2. The van der Waals surface area contributed by atoms with Crippen molar-refractivity contribution in [2.75, 3.05) is 13.1 Å². The van der Waals surface area contributed by atoms with Gasteiger partial charge >= 0.3 is 0 Å². The van der Waals surface area contributed by atoms with E-state index in [0.717, 1.165) is 43.1 Å². The number of carbonyl (C=O) groups is 1. The molecule has 27 heavy (non-hydrogen) atoms. The molecule has 1 heterocycles. The highest BCUT2D eigenvalue weighted by Crippen LogP contribution is 2.20. The monoisotopic (exact) mass is 387 g/mol. The maximum Gasteiger partial charge on any atom is 0.243 e. The first-order chi connectivity index (χ1) is 13.0. The Labute approximate surface area is 164 Å². The van der Waals surface area contributed by atoms with Gasteiger partial charge in [-0.25, -0.2) is 9.82 Å². The van der Waals surface area contributed by atoms with Gasteiger partial charge in [0.2, 0.25) is 5.91 Å². The van der Waals surface area contributed by atoms with E-state index in [1.807, 2.05) is 24.3 Å². The molecule has 1 N–H and O–H groups in total. The summed E-state index contributed by atoms with van der Waals surface area (Å²) < 4.78 is 13.0. The summed E-state index contributed by atoms with van der Waals surface area (Å²) in [6.07, 6.45) is 1.62. The molecule has 0 bridgehead atoms. The maximum atomic E-state index is 13.0. The number of hydrogen-bond acceptors (Lipinski definition) is 3. The van der Waals surface area contributed by atoms with Crippen molar-refractivity contribution in [1.29, 1.82) is 0 Å². The van der Waals surface area contributed by atoms with Crippen LogP contribution in [-0.4, -0.2) is 29.6 Å². The van der Waals surface area contributed by atoms with Crippen LogP contribution in [0, 0.1) is 11.7 Å². The third-order valence-corrected chi connectivity index (χ3v) is 5.13. The summed E-state index contributed by atoms with van der Waals surface area (Å²) in [5.41, 5.74) is 5.32. The fraction of sp³-hybridized carbons (Fsp3) is 0.333. The van der Waals surface area contributed by atoms with E-state index in [1.54, 1.807) is 19.1 Å². The standard InChI is InChI=1S/C21H23ClFN3O/c1-15(17-4-8-20(23)9-5-17)24-25-21(27)18-10-12-26(13-11-18)14-16-2-6-19(22)7-3-16/h2-9,18H,10-14H2,1H3,(H,25,27). The van der Waals surface area contributed by atoms with Crippen LogP contribution in [0.3, 0.4) is 0 Å². The molecule has 2 aromatic rings. The first-order valence-corrected chi connectivity index (χ1v) is 9.46. The van der Waals surface area contributed by atoms with E-state index in [0.29, 0.717) is 5.71 Å². The predicted molar refractivity (Wildman–Crippen MR) is 106 cm³/mol. The van der Waals surface area contributed by atoms with Gasteiger partial charge in [0.05, 0.1) is 5.71 Å². The van der Waals surface area contributed by atoms with Crippen molar-refractivity contribution in [3.63, 3.8) is 0 Å². The average Bonchev–Trinajstić information content (AvgIpc) is 2.69. The van der Waals surface area contributed by atoms with Crippen LogP contribution >= 0.6 is 11.6 Å². The zero-order valence-corrected chi connectivity index (χ0v) is 16.0. The number of rotatable bonds is 5. The fourth-order valence-corrected chi connectivity index (χ4v) is 3.31. The molecule has 0 atom stereocenters. The molecular formula is C21H23ClFN3O.